The highest BCUT2D eigenvalue weighted by Gasteiger charge is 2.57. The average molecular weight is 983 g/mol. The van der Waals surface area contributed by atoms with Gasteiger partial charge in [0.05, 0.1) is 23.7 Å². The highest BCUT2D eigenvalue weighted by molar-refractivity contribution is 6.11. The van der Waals surface area contributed by atoms with E-state index in [0.717, 1.165) is 56.4 Å². The molecule has 5 aromatic carbocycles. The van der Waals surface area contributed by atoms with Crippen molar-refractivity contribution < 1.29 is 4.74 Å². The molecule has 0 spiro atoms. The Kier molecular flexibility index (Phi) is 14.1. The SMILES string of the molecule is C=Cc1ccc(OCC(C)CCCCC2(c3ccccc3)C3=CC(N(C4=CCC(c5ccc6c(c5)c5cc(C7=CCC(C=C)C=C7)ccc5n6C5=CCCC=C5)C=C4)c4ccccc4)CCC3C3CCC=CC32)cc1. The van der Waals surface area contributed by atoms with Crippen LogP contribution < -0.4 is 9.64 Å². The summed E-state index contributed by atoms with van der Waals surface area (Å²) in [6, 6.07) is 46.0. The van der Waals surface area contributed by atoms with Gasteiger partial charge in [0.2, 0.25) is 0 Å². The molecule has 3 nitrogen and oxygen atoms in total. The van der Waals surface area contributed by atoms with E-state index in [2.05, 4.69) is 230 Å². The summed E-state index contributed by atoms with van der Waals surface area (Å²) in [6.07, 6.45) is 47.2. The Labute approximate surface area is 447 Å². The fraction of sp³-hybridized carbons (Fsp3) is 0.306. The lowest BCUT2D eigenvalue weighted by atomic mass is 9.63. The van der Waals surface area contributed by atoms with E-state index in [0.29, 0.717) is 29.6 Å². The third kappa shape index (κ3) is 9.54. The van der Waals surface area contributed by atoms with Crippen molar-refractivity contribution in [1.29, 1.82) is 0 Å². The first-order valence-corrected chi connectivity index (χ1v) is 28.5. The molecule has 0 bridgehead atoms. The second kappa shape index (κ2) is 21.6. The van der Waals surface area contributed by atoms with Gasteiger partial charge in [0.15, 0.2) is 0 Å². The number of hydrogen-bond donors (Lipinski definition) is 0. The van der Waals surface area contributed by atoms with Gasteiger partial charge in [-0.1, -0.05) is 178 Å². The molecule has 378 valence electrons. The topological polar surface area (TPSA) is 17.4 Å². The van der Waals surface area contributed by atoms with Crippen molar-refractivity contribution in [2.45, 2.75) is 101 Å². The number of hydrogen-bond acceptors (Lipinski definition) is 2. The summed E-state index contributed by atoms with van der Waals surface area (Å²) in [6.45, 7) is 11.0. The number of nitrogens with zero attached hydrogens (tertiary/aromatic N) is 2. The monoisotopic (exact) mass is 983 g/mol. The van der Waals surface area contributed by atoms with Crippen LogP contribution in [0, 0.1) is 29.6 Å². The maximum absolute atomic E-state index is 6.28. The fourth-order valence-electron chi connectivity index (χ4n) is 14.2. The van der Waals surface area contributed by atoms with Gasteiger partial charge in [-0.15, -0.1) is 6.58 Å². The number of unbranched alkanes of at least 4 members (excludes halogenated alkanes) is 1. The van der Waals surface area contributed by atoms with Gasteiger partial charge in [-0.05, 0) is 182 Å². The molecule has 12 rings (SSSR count). The number of allylic oxidation sites excluding steroid dienone is 15. The first-order valence-electron chi connectivity index (χ1n) is 28.5. The Bertz CT molecular complexity index is 3320. The average Bonchev–Trinajstić information content (AvgIpc) is 4.07. The van der Waals surface area contributed by atoms with Gasteiger partial charge < -0.3 is 14.2 Å². The summed E-state index contributed by atoms with van der Waals surface area (Å²) < 4.78 is 8.77. The number of ether oxygens (including phenoxy) is 1. The number of anilines is 1. The van der Waals surface area contributed by atoms with Crippen molar-refractivity contribution in [2.75, 3.05) is 11.5 Å². The normalized spacial score (nSPS) is 25.2. The zero-order valence-corrected chi connectivity index (χ0v) is 44.1. The molecule has 3 heteroatoms. The van der Waals surface area contributed by atoms with Gasteiger partial charge in [0.1, 0.15) is 5.75 Å². The summed E-state index contributed by atoms with van der Waals surface area (Å²) in [5.74, 6) is 3.93. The van der Waals surface area contributed by atoms with Gasteiger partial charge in [0.25, 0.3) is 0 Å². The number of para-hydroxylation sites is 1. The van der Waals surface area contributed by atoms with Gasteiger partial charge in [-0.2, -0.15) is 0 Å². The number of fused-ring (bicyclic) bond motifs is 6. The highest BCUT2D eigenvalue weighted by atomic mass is 16.5. The molecule has 6 aliphatic carbocycles. The largest absolute Gasteiger partial charge is 0.493 e. The van der Waals surface area contributed by atoms with Gasteiger partial charge in [-0.3, -0.25) is 0 Å². The molecule has 0 aliphatic heterocycles. The lowest BCUT2D eigenvalue weighted by Crippen LogP contribution is -2.39. The summed E-state index contributed by atoms with van der Waals surface area (Å²) in [4.78, 5) is 2.70. The lowest BCUT2D eigenvalue weighted by Gasteiger charge is -2.42. The Hall–Kier alpha value is -7.10. The number of rotatable bonds is 17. The smallest absolute Gasteiger partial charge is 0.119 e. The van der Waals surface area contributed by atoms with E-state index in [9.17, 15) is 0 Å². The van der Waals surface area contributed by atoms with Crippen LogP contribution in [0.25, 0.3) is 39.2 Å². The van der Waals surface area contributed by atoms with Crippen molar-refractivity contribution in [3.63, 3.8) is 0 Å². The third-order valence-electron chi connectivity index (χ3n) is 18.0. The molecule has 0 N–H and O–H groups in total. The molecular weight excluding hydrogens is 909 g/mol. The van der Waals surface area contributed by atoms with Crippen molar-refractivity contribution in [1.82, 2.24) is 4.57 Å². The zero-order chi connectivity index (χ0) is 50.7. The van der Waals surface area contributed by atoms with Crippen LogP contribution in [0.3, 0.4) is 0 Å². The molecule has 8 unspecified atom stereocenters. The van der Waals surface area contributed by atoms with Crippen molar-refractivity contribution in [3.05, 3.63) is 247 Å². The first-order chi connectivity index (χ1) is 37.0. The van der Waals surface area contributed by atoms with E-state index in [-0.39, 0.29) is 17.4 Å². The minimum atomic E-state index is -0.0198. The van der Waals surface area contributed by atoms with E-state index in [4.69, 9.17) is 4.74 Å². The zero-order valence-electron chi connectivity index (χ0n) is 44.1. The van der Waals surface area contributed by atoms with E-state index >= 15 is 0 Å². The fourth-order valence-corrected chi connectivity index (χ4v) is 14.2. The molecule has 1 heterocycles. The van der Waals surface area contributed by atoms with Crippen molar-refractivity contribution in [2.24, 2.45) is 29.6 Å². The molecule has 0 amide bonds. The van der Waals surface area contributed by atoms with Crippen LogP contribution in [0.15, 0.2) is 225 Å². The quantitative estimate of drug-likeness (QED) is 0.0669. The predicted molar refractivity (Wildman–Crippen MR) is 319 cm³/mol. The van der Waals surface area contributed by atoms with Gasteiger partial charge in [0, 0.05) is 39.2 Å². The maximum Gasteiger partial charge on any atom is 0.119 e. The molecule has 1 saturated carbocycles. The predicted octanol–water partition coefficient (Wildman–Crippen LogP) is 18.7. The molecule has 1 fully saturated rings. The Morgan fingerprint density at radius 1 is 0.733 bits per heavy atom. The van der Waals surface area contributed by atoms with Crippen LogP contribution in [-0.4, -0.2) is 17.2 Å². The van der Waals surface area contributed by atoms with Crippen LogP contribution in [0.5, 0.6) is 5.75 Å². The second-order valence-electron chi connectivity index (χ2n) is 22.5. The molecule has 0 saturated heterocycles. The van der Waals surface area contributed by atoms with Crippen LogP contribution >= 0.6 is 0 Å². The standard InChI is InChI=1S/C72H74N2O/c1-4-52-28-32-54(33-29-52)56-36-44-70-66(47-56)67-48-57(37-45-71(67)74(70)60-24-13-8-14-25-60)55-34-38-61(39-35-55)73(59-22-11-7-12-23-59)62-40-43-65-64-26-15-16-27-68(64)72(69(65)49-62,58-20-9-6-10-21-58)46-18-17-19-51(3)50-75-63-41-30-53(5-2)31-42-63/h4-7,9-13,16,20-25,27-28,30-34,36-39,41-42,44-45,47-49,51-52,55,62,64-65,68H,1-2,8,14-15,17-19,26,29,35,40,43,46,50H2,3H3. The molecule has 0 radical (unpaired) electrons. The Morgan fingerprint density at radius 3 is 2.29 bits per heavy atom. The van der Waals surface area contributed by atoms with Crippen molar-refractivity contribution >= 4 is 44.8 Å². The number of aromatic nitrogens is 1. The molecule has 1 aromatic heterocycles. The molecule has 75 heavy (non-hydrogen) atoms. The summed E-state index contributed by atoms with van der Waals surface area (Å²) in [5.41, 5.74) is 14.7. The molecular formula is C72H74N2O. The summed E-state index contributed by atoms with van der Waals surface area (Å²) in [5, 5.41) is 2.65. The molecule has 6 aromatic rings. The van der Waals surface area contributed by atoms with Gasteiger partial charge in [-0.25, -0.2) is 0 Å². The van der Waals surface area contributed by atoms with E-state index in [1.165, 1.54) is 99.7 Å². The third-order valence-corrected chi connectivity index (χ3v) is 18.0. The minimum absolute atomic E-state index is 0.0198. The van der Waals surface area contributed by atoms with E-state index in [1.807, 2.05) is 6.08 Å². The number of benzene rings is 5. The van der Waals surface area contributed by atoms with Crippen molar-refractivity contribution in [3.8, 4) is 5.75 Å². The molecule has 6 aliphatic rings. The lowest BCUT2D eigenvalue weighted by molar-refractivity contribution is 0.242. The van der Waals surface area contributed by atoms with Crippen LogP contribution in [-0.2, 0) is 5.41 Å². The maximum atomic E-state index is 6.28. The summed E-state index contributed by atoms with van der Waals surface area (Å²) in [7, 11) is 0. The second-order valence-corrected chi connectivity index (χ2v) is 22.5. The minimum Gasteiger partial charge on any atom is -0.493 e. The van der Waals surface area contributed by atoms with Gasteiger partial charge >= 0.3 is 0 Å². The van der Waals surface area contributed by atoms with Crippen LogP contribution in [0.2, 0.25) is 0 Å². The van der Waals surface area contributed by atoms with E-state index in [1.54, 1.807) is 5.57 Å². The van der Waals surface area contributed by atoms with Crippen LogP contribution in [0.1, 0.15) is 112 Å². The Balaban J connectivity index is 0.843. The van der Waals surface area contributed by atoms with Crippen LogP contribution in [0.4, 0.5) is 5.69 Å². The molecule has 8 atom stereocenters. The van der Waals surface area contributed by atoms with E-state index < -0.39 is 0 Å². The first kappa shape index (κ1) is 48.8. The Morgan fingerprint density at radius 2 is 1.55 bits per heavy atom. The summed E-state index contributed by atoms with van der Waals surface area (Å²) >= 11 is 0. The highest BCUT2D eigenvalue weighted by Crippen LogP contribution is 2.63.